The van der Waals surface area contributed by atoms with Gasteiger partial charge in [0.2, 0.25) is 5.76 Å². The summed E-state index contributed by atoms with van der Waals surface area (Å²) in [5.41, 5.74) is -1.42. The number of halogens is 3. The van der Waals surface area contributed by atoms with Crippen LogP contribution in [0.25, 0.3) is 0 Å². The molecule has 0 aliphatic heterocycles. The summed E-state index contributed by atoms with van der Waals surface area (Å²) >= 11 is 0. The molecule has 2 N–H and O–H groups in total. The van der Waals surface area contributed by atoms with E-state index in [1.54, 1.807) is 0 Å². The molecule has 1 aliphatic rings. The summed E-state index contributed by atoms with van der Waals surface area (Å²) in [6.07, 6.45) is -4.20. The second kappa shape index (κ2) is 4.01. The first kappa shape index (κ1) is 12.9. The quantitative estimate of drug-likeness (QED) is 0.876. The van der Waals surface area contributed by atoms with Crippen molar-refractivity contribution in [3.05, 3.63) is 23.2 Å². The third kappa shape index (κ3) is 2.22. The van der Waals surface area contributed by atoms with Crippen molar-refractivity contribution in [3.8, 4) is 0 Å². The third-order valence-corrected chi connectivity index (χ3v) is 3.06. The number of alkyl halides is 3. The third-order valence-electron chi connectivity index (χ3n) is 3.06. The second-order valence-electron chi connectivity index (χ2n) is 4.46. The molecule has 100 valence electrons. The first-order valence-corrected chi connectivity index (χ1v) is 5.39. The Morgan fingerprint density at radius 2 is 2.17 bits per heavy atom. The molecule has 0 spiro atoms. The molecule has 4 nitrogen and oxygen atoms in total. The minimum absolute atomic E-state index is 0.0436. The van der Waals surface area contributed by atoms with Crippen molar-refractivity contribution in [1.29, 1.82) is 0 Å². The van der Waals surface area contributed by atoms with E-state index in [1.807, 2.05) is 0 Å². The molecule has 1 aromatic rings. The van der Waals surface area contributed by atoms with Gasteiger partial charge < -0.3 is 9.52 Å². The minimum atomic E-state index is -4.29. The van der Waals surface area contributed by atoms with E-state index in [9.17, 15) is 18.0 Å². The summed E-state index contributed by atoms with van der Waals surface area (Å²) < 4.78 is 42.9. The summed E-state index contributed by atoms with van der Waals surface area (Å²) in [5, 5.41) is 11.1. The van der Waals surface area contributed by atoms with Crippen LogP contribution in [0.15, 0.2) is 10.5 Å². The molecule has 0 aromatic carbocycles. The number of hydrogen-bond donors (Lipinski definition) is 2. The van der Waals surface area contributed by atoms with Gasteiger partial charge in [-0.25, -0.2) is 4.79 Å². The smallest absolute Gasteiger partial charge is 0.406 e. The Hall–Kier alpha value is -1.50. The number of furan rings is 1. The number of hydrogen-bond acceptors (Lipinski definition) is 3. The fraction of sp³-hybridized carbons (Fsp3) is 0.545. The van der Waals surface area contributed by atoms with Gasteiger partial charge >= 0.3 is 12.1 Å². The van der Waals surface area contributed by atoms with Gasteiger partial charge in [-0.1, -0.05) is 0 Å². The van der Waals surface area contributed by atoms with Gasteiger partial charge in [-0.05, 0) is 25.8 Å². The maximum Gasteiger partial charge on any atom is 0.406 e. The van der Waals surface area contributed by atoms with Crippen LogP contribution in [0.3, 0.4) is 0 Å². The average Bonchev–Trinajstić information content (AvgIpc) is 2.94. The Labute approximate surface area is 101 Å². The Kier molecular flexibility index (Phi) is 2.89. The van der Waals surface area contributed by atoms with E-state index in [-0.39, 0.29) is 30.9 Å². The van der Waals surface area contributed by atoms with Crippen LogP contribution < -0.4 is 5.32 Å². The summed E-state index contributed by atoms with van der Waals surface area (Å²) in [6, 6.07) is 1.43. The van der Waals surface area contributed by atoms with E-state index < -0.39 is 17.7 Å². The van der Waals surface area contributed by atoms with Crippen molar-refractivity contribution in [2.75, 3.05) is 0 Å². The standard InChI is InChI=1S/C11H12F3NO3/c1-6-4-7(18-8(6)9(16)17)5-15-10(2-3-10)11(12,13)14/h4,15H,2-3,5H2,1H3,(H,16,17). The van der Waals surface area contributed by atoms with Gasteiger partial charge in [-0.2, -0.15) is 13.2 Å². The Bertz CT molecular complexity index is 474. The number of aryl methyl sites for hydroxylation is 1. The lowest BCUT2D eigenvalue weighted by atomic mass is 10.2. The van der Waals surface area contributed by atoms with Crippen LogP contribution in [0, 0.1) is 6.92 Å². The zero-order valence-corrected chi connectivity index (χ0v) is 9.60. The van der Waals surface area contributed by atoms with Crippen molar-refractivity contribution in [2.24, 2.45) is 0 Å². The van der Waals surface area contributed by atoms with Gasteiger partial charge in [0, 0.05) is 5.56 Å². The molecule has 1 fully saturated rings. The number of rotatable bonds is 4. The maximum absolute atomic E-state index is 12.6. The number of aromatic carboxylic acids is 1. The highest BCUT2D eigenvalue weighted by Gasteiger charge is 2.63. The van der Waals surface area contributed by atoms with Crippen molar-refractivity contribution < 1.29 is 27.5 Å². The number of carboxylic acid groups (broad SMARTS) is 1. The molecule has 7 heteroatoms. The fourth-order valence-corrected chi connectivity index (χ4v) is 1.79. The molecule has 2 rings (SSSR count). The maximum atomic E-state index is 12.6. The highest BCUT2D eigenvalue weighted by atomic mass is 19.4. The number of carbonyl (C=O) groups is 1. The summed E-state index contributed by atoms with van der Waals surface area (Å²) in [7, 11) is 0. The first-order chi connectivity index (χ1) is 8.25. The SMILES string of the molecule is Cc1cc(CNC2(C(F)(F)F)CC2)oc1C(=O)O. The van der Waals surface area contributed by atoms with Crippen LogP contribution in [0.5, 0.6) is 0 Å². The second-order valence-corrected chi connectivity index (χ2v) is 4.46. The zero-order valence-electron chi connectivity index (χ0n) is 9.60. The normalized spacial score (nSPS) is 17.8. The van der Waals surface area contributed by atoms with E-state index in [2.05, 4.69) is 5.32 Å². The van der Waals surface area contributed by atoms with Crippen LogP contribution in [0.4, 0.5) is 13.2 Å². The molecule has 1 heterocycles. The largest absolute Gasteiger partial charge is 0.475 e. The van der Waals surface area contributed by atoms with E-state index in [0.717, 1.165) is 0 Å². The minimum Gasteiger partial charge on any atom is -0.475 e. The van der Waals surface area contributed by atoms with Crippen LogP contribution in [-0.4, -0.2) is 22.8 Å². The molecular formula is C11H12F3NO3. The topological polar surface area (TPSA) is 62.5 Å². The predicted octanol–water partition coefficient (Wildman–Crippen LogP) is 2.47. The van der Waals surface area contributed by atoms with Gasteiger partial charge in [0.25, 0.3) is 0 Å². The highest BCUT2D eigenvalue weighted by molar-refractivity contribution is 5.86. The summed E-state index contributed by atoms with van der Waals surface area (Å²) in [5.74, 6) is -1.26. The number of nitrogens with one attached hydrogen (secondary N) is 1. The van der Waals surface area contributed by atoms with E-state index in [0.29, 0.717) is 5.56 Å². The van der Waals surface area contributed by atoms with Crippen molar-refractivity contribution >= 4 is 5.97 Å². The van der Waals surface area contributed by atoms with Crippen LogP contribution in [-0.2, 0) is 6.54 Å². The molecule has 18 heavy (non-hydrogen) atoms. The van der Waals surface area contributed by atoms with Gasteiger partial charge in [-0.3, -0.25) is 5.32 Å². The van der Waals surface area contributed by atoms with E-state index in [4.69, 9.17) is 9.52 Å². The van der Waals surface area contributed by atoms with Crippen LogP contribution >= 0.6 is 0 Å². The molecule has 0 amide bonds. The van der Waals surface area contributed by atoms with Gasteiger partial charge in [0.15, 0.2) is 0 Å². The molecule has 0 atom stereocenters. The molecule has 0 bridgehead atoms. The lowest BCUT2D eigenvalue weighted by Gasteiger charge is -2.19. The molecule has 1 saturated carbocycles. The van der Waals surface area contributed by atoms with Gasteiger partial charge in [-0.15, -0.1) is 0 Å². The molecular weight excluding hydrogens is 251 g/mol. The summed E-state index contributed by atoms with van der Waals surface area (Å²) in [4.78, 5) is 10.7. The fourth-order valence-electron chi connectivity index (χ4n) is 1.79. The van der Waals surface area contributed by atoms with Crippen molar-refractivity contribution in [3.63, 3.8) is 0 Å². The molecule has 0 saturated heterocycles. The average molecular weight is 263 g/mol. The zero-order chi connectivity index (χ0) is 13.6. The van der Waals surface area contributed by atoms with Crippen LogP contribution in [0.2, 0.25) is 0 Å². The molecule has 0 radical (unpaired) electrons. The Balaban J connectivity index is 2.04. The molecule has 1 aliphatic carbocycles. The molecule has 0 unspecified atom stereocenters. The Morgan fingerprint density at radius 3 is 2.56 bits per heavy atom. The predicted molar refractivity (Wildman–Crippen MR) is 55.3 cm³/mol. The lowest BCUT2D eigenvalue weighted by molar-refractivity contribution is -0.166. The molecule has 1 aromatic heterocycles. The van der Waals surface area contributed by atoms with E-state index in [1.165, 1.54) is 13.0 Å². The van der Waals surface area contributed by atoms with Crippen molar-refractivity contribution in [1.82, 2.24) is 5.32 Å². The number of carboxylic acids is 1. The first-order valence-electron chi connectivity index (χ1n) is 5.39. The van der Waals surface area contributed by atoms with E-state index >= 15 is 0 Å². The van der Waals surface area contributed by atoms with Crippen molar-refractivity contribution in [2.45, 2.75) is 38.0 Å². The van der Waals surface area contributed by atoms with Crippen LogP contribution in [0.1, 0.15) is 34.7 Å². The Morgan fingerprint density at radius 1 is 1.56 bits per heavy atom. The van der Waals surface area contributed by atoms with Gasteiger partial charge in [0.05, 0.1) is 6.54 Å². The van der Waals surface area contributed by atoms with Gasteiger partial charge in [0.1, 0.15) is 11.3 Å². The lowest BCUT2D eigenvalue weighted by Crippen LogP contribution is -2.44. The summed E-state index contributed by atoms with van der Waals surface area (Å²) in [6.45, 7) is 1.40. The highest BCUT2D eigenvalue weighted by Crippen LogP contribution is 2.49. The monoisotopic (exact) mass is 263 g/mol.